The largest absolute Gasteiger partial charge is 0.508 e. The first-order valence-corrected chi connectivity index (χ1v) is 14.4. The lowest BCUT2D eigenvalue weighted by Crippen LogP contribution is -2.40. The fourth-order valence-corrected chi connectivity index (χ4v) is 4.27. The molecule has 0 saturated heterocycles. The van der Waals surface area contributed by atoms with Crippen LogP contribution in [0.5, 0.6) is 5.75 Å². The van der Waals surface area contributed by atoms with Gasteiger partial charge in [-0.3, -0.25) is 19.8 Å². The van der Waals surface area contributed by atoms with Gasteiger partial charge in [0.25, 0.3) is 11.8 Å². The molecular weight excluding hydrogens is 580 g/mol. The van der Waals surface area contributed by atoms with Crippen LogP contribution in [0.4, 0.5) is 10.5 Å². The third kappa shape index (κ3) is 9.02. The van der Waals surface area contributed by atoms with Crippen molar-refractivity contribution in [2.24, 2.45) is 4.99 Å². The number of benzene rings is 2. The normalized spacial score (nSPS) is 11.0. The first-order chi connectivity index (χ1) is 21.6. The Bertz CT molecular complexity index is 1560. The Morgan fingerprint density at radius 1 is 0.978 bits per heavy atom. The smallest absolute Gasteiger partial charge is 0.423 e. The van der Waals surface area contributed by atoms with E-state index in [1.165, 1.54) is 24.4 Å². The molecule has 1 aromatic heterocycles. The second-order valence-corrected chi connectivity index (χ2v) is 10.0. The van der Waals surface area contributed by atoms with Crippen LogP contribution in [-0.4, -0.2) is 66.0 Å². The summed E-state index contributed by atoms with van der Waals surface area (Å²) in [7, 11) is 0. The quantitative estimate of drug-likeness (QED) is 0.0815. The molecule has 3 aromatic rings. The summed E-state index contributed by atoms with van der Waals surface area (Å²) in [5, 5.41) is 22.8. The van der Waals surface area contributed by atoms with Crippen LogP contribution in [0.15, 0.2) is 53.7 Å². The summed E-state index contributed by atoms with van der Waals surface area (Å²) in [5.41, 5.74) is 2.65. The number of phenols is 1. The van der Waals surface area contributed by atoms with Crippen molar-refractivity contribution in [2.45, 2.75) is 47.0 Å². The first kappa shape index (κ1) is 34.0. The van der Waals surface area contributed by atoms with Crippen LogP contribution in [0.25, 0.3) is 0 Å². The maximum absolute atomic E-state index is 13.7. The summed E-state index contributed by atoms with van der Waals surface area (Å²) >= 11 is 0. The Hall–Kier alpha value is -5.46. The molecule has 13 heteroatoms. The predicted molar refractivity (Wildman–Crippen MR) is 169 cm³/mol. The lowest BCUT2D eigenvalue weighted by Gasteiger charge is -2.25. The molecule has 0 spiro atoms. The highest BCUT2D eigenvalue weighted by molar-refractivity contribution is 6.24. The molecule has 3 amide bonds. The third-order valence-corrected chi connectivity index (χ3v) is 6.66. The maximum Gasteiger partial charge on any atom is 0.423 e. The van der Waals surface area contributed by atoms with E-state index >= 15 is 0 Å². The molecule has 3 rings (SSSR count). The van der Waals surface area contributed by atoms with Gasteiger partial charge in [0, 0.05) is 24.8 Å². The van der Waals surface area contributed by atoms with Gasteiger partial charge in [0.05, 0.1) is 23.4 Å². The van der Waals surface area contributed by atoms with E-state index in [-0.39, 0.29) is 46.8 Å². The molecule has 5 N–H and O–H groups in total. The Kier molecular flexibility index (Phi) is 12.4. The van der Waals surface area contributed by atoms with E-state index in [1.54, 1.807) is 38.1 Å². The van der Waals surface area contributed by atoms with Crippen molar-refractivity contribution in [1.82, 2.24) is 15.6 Å². The second kappa shape index (κ2) is 16.4. The molecule has 1 heterocycles. The molecule has 45 heavy (non-hydrogen) atoms. The Labute approximate surface area is 261 Å². The highest BCUT2D eigenvalue weighted by Gasteiger charge is 2.30. The van der Waals surface area contributed by atoms with Crippen molar-refractivity contribution in [1.29, 1.82) is 5.41 Å². The minimum Gasteiger partial charge on any atom is -0.508 e. The highest BCUT2D eigenvalue weighted by Crippen LogP contribution is 2.27. The van der Waals surface area contributed by atoms with Gasteiger partial charge in [-0.25, -0.2) is 14.7 Å². The topological polar surface area (TPSA) is 186 Å². The zero-order valence-corrected chi connectivity index (χ0v) is 25.7. The number of aromatic nitrogens is 1. The fraction of sp³-hybridized carbons (Fsp3) is 0.312. The van der Waals surface area contributed by atoms with Gasteiger partial charge in [-0.15, -0.1) is 0 Å². The molecule has 2 aromatic carbocycles. The van der Waals surface area contributed by atoms with Crippen LogP contribution in [0.2, 0.25) is 0 Å². The number of carbonyl (C=O) groups excluding carboxylic acids is 4. The molecule has 238 valence electrons. The van der Waals surface area contributed by atoms with Crippen LogP contribution in [-0.2, 0) is 20.7 Å². The third-order valence-electron chi connectivity index (χ3n) is 6.66. The van der Waals surface area contributed by atoms with Gasteiger partial charge in [-0.05, 0) is 67.6 Å². The van der Waals surface area contributed by atoms with Crippen molar-refractivity contribution < 1.29 is 33.8 Å². The summed E-state index contributed by atoms with van der Waals surface area (Å²) in [6, 6.07) is 10.8. The molecule has 0 radical (unpaired) electrons. The van der Waals surface area contributed by atoms with Crippen molar-refractivity contribution in [3.8, 4) is 5.75 Å². The zero-order valence-electron chi connectivity index (χ0n) is 25.7. The standard InChI is InChI=1S/C32H38N6O7/c1-5-13-34-30(41)23-10-7-20(3)26(16-23)38(32(43)45-19-44-27(40)15-22-8-11-24(39)12-9-22)29(37-18-33)28-21(4)25(17-36-28)31(42)35-14-6-2/h7-12,16-18,33,36,39H,5-6,13-15,19H2,1-4H3,(H,34,41)(H,35,42)/b33-18?,37-29+. The van der Waals surface area contributed by atoms with E-state index in [0.29, 0.717) is 35.3 Å². The average Bonchev–Trinajstić information content (AvgIpc) is 3.41. The average molecular weight is 619 g/mol. The molecular formula is C32H38N6O7. The number of aryl methyl sites for hydroxylation is 1. The number of esters is 1. The fourth-order valence-electron chi connectivity index (χ4n) is 4.27. The molecule has 0 aliphatic carbocycles. The van der Waals surface area contributed by atoms with Crippen LogP contribution in [0, 0.1) is 19.3 Å². The van der Waals surface area contributed by atoms with E-state index in [4.69, 9.17) is 14.9 Å². The molecule has 0 saturated carbocycles. The zero-order chi connectivity index (χ0) is 32.9. The summed E-state index contributed by atoms with van der Waals surface area (Å²) in [6.45, 7) is 7.42. The molecule has 0 aliphatic heterocycles. The van der Waals surface area contributed by atoms with E-state index in [0.717, 1.165) is 24.1 Å². The van der Waals surface area contributed by atoms with E-state index in [2.05, 4.69) is 20.6 Å². The van der Waals surface area contributed by atoms with Gasteiger partial charge in [0.15, 0.2) is 5.84 Å². The number of aliphatic imine (C=N–C) groups is 1. The van der Waals surface area contributed by atoms with Gasteiger partial charge in [0.2, 0.25) is 6.79 Å². The van der Waals surface area contributed by atoms with Crippen molar-refractivity contribution >= 4 is 41.7 Å². The minimum atomic E-state index is -1.02. The molecule has 0 unspecified atom stereocenters. The van der Waals surface area contributed by atoms with E-state index in [1.807, 2.05) is 13.8 Å². The van der Waals surface area contributed by atoms with Gasteiger partial charge in [0.1, 0.15) is 12.1 Å². The number of hydrogen-bond donors (Lipinski definition) is 5. The minimum absolute atomic E-state index is 0.0525. The van der Waals surface area contributed by atoms with Crippen molar-refractivity contribution in [3.63, 3.8) is 0 Å². The number of hydrogen-bond acceptors (Lipinski definition) is 8. The molecule has 0 fully saturated rings. The SMILES string of the molecule is CCCNC(=O)c1ccc(C)c(N(C(=O)OCOC(=O)Cc2ccc(O)cc2)/C(=N/C=N)c2[nH]cc(C(=O)NCCC)c2C)c1. The number of aromatic amines is 1. The summed E-state index contributed by atoms with van der Waals surface area (Å²) < 4.78 is 10.5. The number of nitrogens with one attached hydrogen (secondary N) is 4. The van der Waals surface area contributed by atoms with Crippen LogP contribution >= 0.6 is 0 Å². The molecule has 0 bridgehead atoms. The van der Waals surface area contributed by atoms with Gasteiger partial charge < -0.3 is 30.2 Å². The van der Waals surface area contributed by atoms with Gasteiger partial charge in [-0.1, -0.05) is 32.0 Å². The number of H-pyrrole nitrogens is 1. The molecule has 0 atom stereocenters. The molecule has 0 aliphatic rings. The van der Waals surface area contributed by atoms with Crippen molar-refractivity contribution in [2.75, 3.05) is 24.8 Å². The Balaban J connectivity index is 1.98. The highest BCUT2D eigenvalue weighted by atomic mass is 16.7. The number of amides is 3. The maximum atomic E-state index is 13.7. The lowest BCUT2D eigenvalue weighted by molar-refractivity contribution is -0.150. The number of ether oxygens (including phenoxy) is 2. The van der Waals surface area contributed by atoms with Gasteiger partial charge >= 0.3 is 12.1 Å². The first-order valence-electron chi connectivity index (χ1n) is 14.4. The predicted octanol–water partition coefficient (Wildman–Crippen LogP) is 4.36. The van der Waals surface area contributed by atoms with Crippen molar-refractivity contribution in [3.05, 3.63) is 82.2 Å². The number of anilines is 1. The number of phenolic OH excluding ortho intramolecular Hbond substituents is 1. The monoisotopic (exact) mass is 618 g/mol. The molecule has 13 nitrogen and oxygen atoms in total. The Morgan fingerprint density at radius 2 is 1.64 bits per heavy atom. The van der Waals surface area contributed by atoms with Crippen LogP contribution < -0.4 is 15.5 Å². The second-order valence-electron chi connectivity index (χ2n) is 10.0. The van der Waals surface area contributed by atoms with E-state index < -0.39 is 18.9 Å². The Morgan fingerprint density at radius 3 is 2.29 bits per heavy atom. The number of carbonyl (C=O) groups is 4. The number of nitrogens with zero attached hydrogens (tertiary/aromatic N) is 2. The number of amidine groups is 1. The van der Waals surface area contributed by atoms with Gasteiger partial charge in [-0.2, -0.15) is 0 Å². The summed E-state index contributed by atoms with van der Waals surface area (Å²) in [6.07, 6.45) is 2.53. The van der Waals surface area contributed by atoms with Crippen LogP contribution in [0.3, 0.4) is 0 Å². The lowest BCUT2D eigenvalue weighted by atomic mass is 10.1. The van der Waals surface area contributed by atoms with E-state index in [9.17, 15) is 24.3 Å². The van der Waals surface area contributed by atoms with Crippen LogP contribution in [0.1, 0.15) is 69.8 Å². The number of aromatic hydroxyl groups is 1. The summed E-state index contributed by atoms with van der Waals surface area (Å²) in [4.78, 5) is 59.9. The number of rotatable bonds is 13. The summed E-state index contributed by atoms with van der Waals surface area (Å²) in [5.74, 6) is -1.40.